The monoisotopic (exact) mass is 775 g/mol. The normalized spacial score (nSPS) is 11.8. The third kappa shape index (κ3) is 5.45. The Balaban J connectivity index is 0.962. The molecule has 0 aliphatic carbocycles. The molecule has 0 aliphatic rings. The minimum Gasteiger partial charge on any atom is -0.456 e. The molecule has 0 saturated carbocycles. The molecule has 0 saturated heterocycles. The van der Waals surface area contributed by atoms with Gasteiger partial charge in [-0.15, -0.1) is 22.7 Å². The quantitative estimate of drug-likeness (QED) is 0.167. The van der Waals surface area contributed by atoms with Gasteiger partial charge in [0.25, 0.3) is 0 Å². The summed E-state index contributed by atoms with van der Waals surface area (Å²) in [5.74, 6) is 0. The van der Waals surface area contributed by atoms with E-state index in [1.807, 2.05) is 34.8 Å². The van der Waals surface area contributed by atoms with Gasteiger partial charge in [-0.1, -0.05) is 121 Å². The highest BCUT2D eigenvalue weighted by Crippen LogP contribution is 2.43. The first-order valence-corrected chi connectivity index (χ1v) is 21.2. The molecule has 12 aromatic rings. The van der Waals surface area contributed by atoms with Crippen LogP contribution in [0.5, 0.6) is 0 Å². The SMILES string of the molecule is c1cc(-c2ccc3oc4ccccc4c3c2)cc(N(c2ccc(-c3ccc4sc5ccccc5c4c3)cc2)c2ccc(-c3cccc4c3sc3ccccc34)cc2)c1. The Kier molecular flexibility index (Phi) is 7.62. The lowest BCUT2D eigenvalue weighted by atomic mass is 10.00. The summed E-state index contributed by atoms with van der Waals surface area (Å²) in [5, 5.41) is 7.53. The van der Waals surface area contributed by atoms with E-state index in [4.69, 9.17) is 4.42 Å². The van der Waals surface area contributed by atoms with E-state index in [2.05, 4.69) is 193 Å². The van der Waals surface area contributed by atoms with Crippen LogP contribution >= 0.6 is 22.7 Å². The van der Waals surface area contributed by atoms with E-state index in [9.17, 15) is 0 Å². The summed E-state index contributed by atoms with van der Waals surface area (Å²) >= 11 is 3.73. The number of furan rings is 1. The van der Waals surface area contributed by atoms with Crippen molar-refractivity contribution < 1.29 is 4.42 Å². The number of hydrogen-bond donors (Lipinski definition) is 0. The van der Waals surface area contributed by atoms with Crippen LogP contribution in [0.2, 0.25) is 0 Å². The van der Waals surface area contributed by atoms with Crippen LogP contribution in [-0.2, 0) is 0 Å². The summed E-state index contributed by atoms with van der Waals surface area (Å²) < 4.78 is 11.5. The molecule has 2 nitrogen and oxygen atoms in total. The molecule has 0 fully saturated rings. The Labute approximate surface area is 343 Å². The zero-order valence-electron chi connectivity index (χ0n) is 31.2. The second-order valence-corrected chi connectivity index (χ2v) is 17.0. The van der Waals surface area contributed by atoms with Crippen LogP contribution in [0.25, 0.3) is 95.7 Å². The minimum absolute atomic E-state index is 0.903. The molecular formula is C54H33NOS2. The smallest absolute Gasteiger partial charge is 0.135 e. The van der Waals surface area contributed by atoms with Gasteiger partial charge in [-0.3, -0.25) is 0 Å². The molecule has 272 valence electrons. The van der Waals surface area contributed by atoms with Crippen molar-refractivity contribution in [3.05, 3.63) is 200 Å². The molecule has 3 heterocycles. The van der Waals surface area contributed by atoms with Crippen LogP contribution in [0.3, 0.4) is 0 Å². The molecule has 0 unspecified atom stereocenters. The molecule has 0 N–H and O–H groups in total. The lowest BCUT2D eigenvalue weighted by Crippen LogP contribution is -2.10. The van der Waals surface area contributed by atoms with Gasteiger partial charge in [0, 0.05) is 68.2 Å². The van der Waals surface area contributed by atoms with Gasteiger partial charge in [0.05, 0.1) is 0 Å². The molecule has 4 heteroatoms. The average molecular weight is 776 g/mol. The maximum atomic E-state index is 6.17. The molecule has 0 bridgehead atoms. The van der Waals surface area contributed by atoms with Gasteiger partial charge < -0.3 is 9.32 Å². The van der Waals surface area contributed by atoms with Crippen LogP contribution in [-0.4, -0.2) is 0 Å². The second kappa shape index (κ2) is 13.3. The van der Waals surface area contributed by atoms with Gasteiger partial charge in [0.2, 0.25) is 0 Å². The summed E-state index contributed by atoms with van der Waals surface area (Å²) in [6.45, 7) is 0. The van der Waals surface area contributed by atoms with E-state index in [0.717, 1.165) is 50.1 Å². The summed E-state index contributed by atoms with van der Waals surface area (Å²) in [6.07, 6.45) is 0. The number of benzene rings is 9. The number of fused-ring (bicyclic) bond motifs is 9. The molecule has 9 aromatic carbocycles. The maximum Gasteiger partial charge on any atom is 0.135 e. The third-order valence-electron chi connectivity index (χ3n) is 11.5. The summed E-state index contributed by atoms with van der Waals surface area (Å²) in [4.78, 5) is 2.37. The van der Waals surface area contributed by atoms with Crippen molar-refractivity contribution in [3.63, 3.8) is 0 Å². The lowest BCUT2D eigenvalue weighted by molar-refractivity contribution is 0.669. The molecule has 12 rings (SSSR count). The number of hydrogen-bond acceptors (Lipinski definition) is 4. The van der Waals surface area contributed by atoms with Gasteiger partial charge in [-0.2, -0.15) is 0 Å². The zero-order chi connectivity index (χ0) is 38.2. The van der Waals surface area contributed by atoms with E-state index in [0.29, 0.717) is 0 Å². The van der Waals surface area contributed by atoms with E-state index >= 15 is 0 Å². The third-order valence-corrected chi connectivity index (χ3v) is 13.9. The van der Waals surface area contributed by atoms with Crippen molar-refractivity contribution in [1.29, 1.82) is 0 Å². The standard InChI is InChI=1S/C54H33NOS2/c1-4-16-49-43(11-1)47-32-38(23-29-50(47)56-49)36-9-7-10-41(31-36)55(39-25-19-34(20-26-39)37-24-30-53-48(33-37)45-13-3-5-17-51(45)57-53)40-27-21-35(22-28-40)42-14-8-15-46-44-12-2-6-18-52(44)58-54(42)46/h1-33H. The Morgan fingerprint density at radius 1 is 0.310 bits per heavy atom. The zero-order valence-corrected chi connectivity index (χ0v) is 32.9. The molecule has 0 atom stereocenters. The Morgan fingerprint density at radius 2 is 0.862 bits per heavy atom. The van der Waals surface area contributed by atoms with Crippen molar-refractivity contribution in [1.82, 2.24) is 0 Å². The van der Waals surface area contributed by atoms with Gasteiger partial charge in [-0.25, -0.2) is 0 Å². The molecular weight excluding hydrogens is 743 g/mol. The van der Waals surface area contributed by atoms with E-state index in [1.54, 1.807) is 0 Å². The highest BCUT2D eigenvalue weighted by molar-refractivity contribution is 7.26. The molecule has 58 heavy (non-hydrogen) atoms. The fourth-order valence-corrected chi connectivity index (χ4v) is 11.0. The fourth-order valence-electron chi connectivity index (χ4n) is 8.65. The number of rotatable bonds is 6. The van der Waals surface area contributed by atoms with Crippen LogP contribution in [0, 0.1) is 0 Å². The second-order valence-electron chi connectivity index (χ2n) is 14.9. The highest BCUT2D eigenvalue weighted by atomic mass is 32.1. The Bertz CT molecular complexity index is 3520. The van der Waals surface area contributed by atoms with Gasteiger partial charge in [-0.05, 0) is 112 Å². The van der Waals surface area contributed by atoms with E-state index < -0.39 is 0 Å². The molecule has 0 aliphatic heterocycles. The molecule has 3 aromatic heterocycles. The number of nitrogens with zero attached hydrogens (tertiary/aromatic N) is 1. The van der Waals surface area contributed by atoms with E-state index in [1.165, 1.54) is 62.6 Å². The Hall–Kier alpha value is -6.98. The van der Waals surface area contributed by atoms with Gasteiger partial charge >= 0.3 is 0 Å². The van der Waals surface area contributed by atoms with Crippen molar-refractivity contribution >= 4 is 102 Å². The van der Waals surface area contributed by atoms with Crippen LogP contribution in [0.4, 0.5) is 17.1 Å². The number of thiophene rings is 2. The van der Waals surface area contributed by atoms with Crippen molar-refractivity contribution in [2.45, 2.75) is 0 Å². The average Bonchev–Trinajstić information content (AvgIpc) is 3.98. The lowest BCUT2D eigenvalue weighted by Gasteiger charge is -2.26. The molecule has 0 spiro atoms. The first-order chi connectivity index (χ1) is 28.7. The minimum atomic E-state index is 0.903. The first-order valence-electron chi connectivity index (χ1n) is 19.6. The van der Waals surface area contributed by atoms with Gasteiger partial charge in [0.15, 0.2) is 0 Å². The summed E-state index contributed by atoms with van der Waals surface area (Å²) in [5.41, 5.74) is 12.3. The van der Waals surface area contributed by atoms with Crippen molar-refractivity contribution in [2.75, 3.05) is 4.90 Å². The van der Waals surface area contributed by atoms with Crippen molar-refractivity contribution in [3.8, 4) is 33.4 Å². The van der Waals surface area contributed by atoms with Crippen LogP contribution in [0.15, 0.2) is 205 Å². The van der Waals surface area contributed by atoms with Gasteiger partial charge in [0.1, 0.15) is 11.2 Å². The summed E-state index contributed by atoms with van der Waals surface area (Å²) in [6, 6.07) is 72.8. The topological polar surface area (TPSA) is 16.4 Å². The van der Waals surface area contributed by atoms with Crippen LogP contribution in [0.1, 0.15) is 0 Å². The fraction of sp³-hybridized carbons (Fsp3) is 0. The summed E-state index contributed by atoms with van der Waals surface area (Å²) in [7, 11) is 0. The predicted molar refractivity (Wildman–Crippen MR) is 250 cm³/mol. The predicted octanol–water partition coefficient (Wildman–Crippen LogP) is 16.8. The van der Waals surface area contributed by atoms with Crippen molar-refractivity contribution in [2.24, 2.45) is 0 Å². The Morgan fingerprint density at radius 3 is 1.67 bits per heavy atom. The maximum absolute atomic E-state index is 6.17. The first kappa shape index (κ1) is 33.2. The van der Waals surface area contributed by atoms with Crippen LogP contribution < -0.4 is 4.90 Å². The highest BCUT2D eigenvalue weighted by Gasteiger charge is 2.17. The number of anilines is 3. The molecule has 0 radical (unpaired) electrons. The molecule has 0 amide bonds. The largest absolute Gasteiger partial charge is 0.456 e. The van der Waals surface area contributed by atoms with E-state index in [-0.39, 0.29) is 0 Å². The number of para-hydroxylation sites is 1.